The zero-order valence-corrected chi connectivity index (χ0v) is 20.3. The van der Waals surface area contributed by atoms with Crippen LogP contribution in [0, 0.1) is 5.41 Å². The van der Waals surface area contributed by atoms with Crippen LogP contribution in [0.5, 0.6) is 5.75 Å². The molecule has 1 aromatic carbocycles. The topological polar surface area (TPSA) is 88.5 Å². The van der Waals surface area contributed by atoms with Gasteiger partial charge in [0.1, 0.15) is 11.9 Å². The quantitative estimate of drug-likeness (QED) is 0.659. The number of methoxy groups -OCH3 is 2. The lowest BCUT2D eigenvalue weighted by molar-refractivity contribution is -0.252. The minimum atomic E-state index is -2.29. The Balaban J connectivity index is 1.87. The molecule has 1 saturated carbocycles. The van der Waals surface area contributed by atoms with Crippen molar-refractivity contribution >= 4 is 17.6 Å². The van der Waals surface area contributed by atoms with Crippen LogP contribution in [-0.4, -0.2) is 86.3 Å². The lowest BCUT2D eigenvalue weighted by Gasteiger charge is -2.65. The maximum atomic E-state index is 16.0. The summed E-state index contributed by atoms with van der Waals surface area (Å²) in [4.78, 5) is 30.0. The maximum absolute atomic E-state index is 16.0. The summed E-state index contributed by atoms with van der Waals surface area (Å²) in [5.41, 5.74) is -2.59. The summed E-state index contributed by atoms with van der Waals surface area (Å²) in [6, 6.07) is 4.53. The SMILES string of the molecule is COC(=O)[C@]1(O)C2N(C)c3cc(OC)ccc3[C@@]23CCN2CCC[C@@](C(C)F)([C@H]1OC(C)=O)[C@H]23. The molecule has 3 fully saturated rings. The second-order valence-corrected chi connectivity index (χ2v) is 10.3. The highest BCUT2D eigenvalue weighted by molar-refractivity contribution is 5.86. The Labute approximate surface area is 198 Å². The van der Waals surface area contributed by atoms with Crippen molar-refractivity contribution in [1.82, 2.24) is 4.90 Å². The normalized spacial score (nSPS) is 39.0. The lowest BCUT2D eigenvalue weighted by atomic mass is 9.46. The van der Waals surface area contributed by atoms with Crippen LogP contribution in [-0.2, 0) is 24.5 Å². The van der Waals surface area contributed by atoms with Crippen LogP contribution in [0.2, 0.25) is 0 Å². The Bertz CT molecular complexity index is 1030. The molecule has 0 aromatic heterocycles. The fraction of sp³-hybridized carbons (Fsp3) is 0.680. The maximum Gasteiger partial charge on any atom is 0.344 e. The molecule has 1 aliphatic carbocycles. The van der Waals surface area contributed by atoms with Gasteiger partial charge in [-0.05, 0) is 50.9 Å². The van der Waals surface area contributed by atoms with E-state index in [-0.39, 0.29) is 6.04 Å². The van der Waals surface area contributed by atoms with Crippen LogP contribution < -0.4 is 9.64 Å². The Kier molecular flexibility index (Phi) is 5.19. The summed E-state index contributed by atoms with van der Waals surface area (Å²) in [7, 11) is 4.59. The first kappa shape index (κ1) is 23.4. The van der Waals surface area contributed by atoms with Gasteiger partial charge >= 0.3 is 11.9 Å². The molecule has 4 aliphatic rings. The molecule has 0 bridgehead atoms. The summed E-state index contributed by atoms with van der Waals surface area (Å²) in [5.74, 6) is -0.950. The number of aliphatic hydroxyl groups is 1. The smallest absolute Gasteiger partial charge is 0.344 e. The number of esters is 2. The van der Waals surface area contributed by atoms with Crippen LogP contribution in [0.25, 0.3) is 0 Å². The van der Waals surface area contributed by atoms with E-state index in [4.69, 9.17) is 14.2 Å². The summed E-state index contributed by atoms with van der Waals surface area (Å²) in [5, 5.41) is 12.4. The van der Waals surface area contributed by atoms with E-state index in [9.17, 15) is 14.7 Å². The third-order valence-electron chi connectivity index (χ3n) is 9.03. The highest BCUT2D eigenvalue weighted by Gasteiger charge is 2.82. The van der Waals surface area contributed by atoms with Crippen LogP contribution in [0.4, 0.5) is 10.1 Å². The number of rotatable bonds is 4. The van der Waals surface area contributed by atoms with E-state index in [0.29, 0.717) is 31.6 Å². The number of halogens is 1. The number of fused-ring (bicyclic) bond motifs is 1. The van der Waals surface area contributed by atoms with Gasteiger partial charge in [0.05, 0.1) is 25.7 Å². The highest BCUT2D eigenvalue weighted by atomic mass is 19.1. The number of carbonyl (C=O) groups excluding carboxylic acids is 2. The second kappa shape index (κ2) is 7.55. The van der Waals surface area contributed by atoms with Crippen molar-refractivity contribution < 1.29 is 33.3 Å². The predicted molar refractivity (Wildman–Crippen MR) is 122 cm³/mol. The average molecular weight is 477 g/mol. The van der Waals surface area contributed by atoms with Crippen molar-refractivity contribution in [3.8, 4) is 5.75 Å². The van der Waals surface area contributed by atoms with Gasteiger partial charge in [-0.1, -0.05) is 6.07 Å². The molecule has 1 spiro atoms. The standard InChI is InChI=1S/C25H33FN2O6/c1-14(26)23-9-6-11-28-12-10-24(19(23)28)17-8-7-16(32-4)13-18(17)27(3)20(24)25(31,22(30)33-5)21(23)34-15(2)29/h7-8,13-14,19-21,31H,6,9-12H2,1-5H3/t14?,19-,20?,21+,23-,24+,25-/m0/s1. The van der Waals surface area contributed by atoms with Crippen molar-refractivity contribution in [2.24, 2.45) is 5.41 Å². The molecule has 3 aliphatic heterocycles. The molecule has 1 N–H and O–H groups in total. The van der Waals surface area contributed by atoms with Gasteiger partial charge in [0.2, 0.25) is 5.60 Å². The summed E-state index contributed by atoms with van der Waals surface area (Å²) < 4.78 is 32.4. The zero-order chi connectivity index (χ0) is 24.6. The first-order valence-electron chi connectivity index (χ1n) is 11.9. The molecule has 7 atom stereocenters. The largest absolute Gasteiger partial charge is 0.497 e. The van der Waals surface area contributed by atoms with Crippen molar-refractivity contribution in [2.75, 3.05) is 39.3 Å². The van der Waals surface area contributed by atoms with E-state index in [1.165, 1.54) is 21.0 Å². The van der Waals surface area contributed by atoms with Crippen molar-refractivity contribution in [3.63, 3.8) is 0 Å². The van der Waals surface area contributed by atoms with Crippen molar-refractivity contribution in [3.05, 3.63) is 23.8 Å². The first-order valence-corrected chi connectivity index (χ1v) is 11.9. The van der Waals surface area contributed by atoms with Gasteiger partial charge in [-0.25, -0.2) is 9.18 Å². The number of nitrogens with zero attached hydrogens (tertiary/aromatic N) is 2. The lowest BCUT2D eigenvalue weighted by Crippen LogP contribution is -2.83. The van der Waals surface area contributed by atoms with Gasteiger partial charge in [0.25, 0.3) is 0 Å². The van der Waals surface area contributed by atoms with Crippen LogP contribution in [0.3, 0.4) is 0 Å². The summed E-state index contributed by atoms with van der Waals surface area (Å²) >= 11 is 0. The number of carbonyl (C=O) groups is 2. The van der Waals surface area contributed by atoms with Crippen LogP contribution in [0.15, 0.2) is 18.2 Å². The van der Waals surface area contributed by atoms with Crippen LogP contribution >= 0.6 is 0 Å². The Morgan fingerprint density at radius 1 is 1.21 bits per heavy atom. The van der Waals surface area contributed by atoms with Gasteiger partial charge in [-0.15, -0.1) is 0 Å². The number of hydrogen-bond donors (Lipinski definition) is 1. The van der Waals surface area contributed by atoms with E-state index in [1.807, 2.05) is 30.1 Å². The molecular formula is C25H33FN2O6. The Morgan fingerprint density at radius 3 is 2.56 bits per heavy atom. The van der Waals surface area contributed by atoms with E-state index in [1.54, 1.807) is 7.11 Å². The summed E-state index contributed by atoms with van der Waals surface area (Å²) in [6.07, 6.45) is -1.18. The molecule has 2 saturated heterocycles. The van der Waals surface area contributed by atoms with E-state index in [0.717, 1.165) is 17.8 Å². The Morgan fingerprint density at radius 2 is 1.94 bits per heavy atom. The van der Waals surface area contributed by atoms with Gasteiger partial charge in [-0.3, -0.25) is 9.69 Å². The summed E-state index contributed by atoms with van der Waals surface area (Å²) in [6.45, 7) is 4.16. The molecular weight excluding hydrogens is 443 g/mol. The molecule has 5 rings (SSSR count). The molecule has 0 amide bonds. The third kappa shape index (κ3) is 2.54. The molecule has 2 unspecified atom stereocenters. The van der Waals surface area contributed by atoms with Gasteiger partial charge in [-0.2, -0.15) is 0 Å². The molecule has 34 heavy (non-hydrogen) atoms. The monoisotopic (exact) mass is 476 g/mol. The fourth-order valence-corrected chi connectivity index (χ4v) is 8.12. The highest BCUT2D eigenvalue weighted by Crippen LogP contribution is 2.68. The molecule has 1 aromatic rings. The van der Waals surface area contributed by atoms with Gasteiger partial charge < -0.3 is 24.2 Å². The number of benzene rings is 1. The molecule has 8 nitrogen and oxygen atoms in total. The third-order valence-corrected chi connectivity index (χ3v) is 9.03. The van der Waals surface area contributed by atoms with E-state index < -0.39 is 46.7 Å². The Hall–Kier alpha value is -2.39. The second-order valence-electron chi connectivity index (χ2n) is 10.3. The number of ether oxygens (including phenoxy) is 3. The van der Waals surface area contributed by atoms with Gasteiger partial charge in [0, 0.05) is 37.2 Å². The average Bonchev–Trinajstić information content (AvgIpc) is 3.32. The number of anilines is 1. The number of hydrogen-bond acceptors (Lipinski definition) is 8. The molecule has 0 radical (unpaired) electrons. The number of likely N-dealkylation sites (N-methyl/N-ethyl adjacent to an activating group) is 1. The van der Waals surface area contributed by atoms with Crippen molar-refractivity contribution in [1.29, 1.82) is 0 Å². The number of alkyl halides is 1. The molecule has 186 valence electrons. The van der Waals surface area contributed by atoms with Crippen LogP contribution in [0.1, 0.15) is 38.7 Å². The van der Waals surface area contributed by atoms with E-state index in [2.05, 4.69) is 4.90 Å². The fourth-order valence-electron chi connectivity index (χ4n) is 8.12. The van der Waals surface area contributed by atoms with Crippen molar-refractivity contribution in [2.45, 2.75) is 68.5 Å². The molecule has 9 heteroatoms. The predicted octanol–water partition coefficient (Wildman–Crippen LogP) is 1.81. The first-order chi connectivity index (χ1) is 16.1. The number of piperidine rings is 1. The van der Waals surface area contributed by atoms with Gasteiger partial charge in [0.15, 0.2) is 6.10 Å². The molecule has 3 heterocycles. The minimum Gasteiger partial charge on any atom is -0.497 e. The zero-order valence-electron chi connectivity index (χ0n) is 20.3. The minimum absolute atomic E-state index is 0.370. The van der Waals surface area contributed by atoms with E-state index >= 15 is 4.39 Å².